The molecule has 0 saturated heterocycles. The molecule has 0 amide bonds. The molecule has 0 spiro atoms. The van der Waals surface area contributed by atoms with Gasteiger partial charge in [0, 0.05) is 36.4 Å². The summed E-state index contributed by atoms with van der Waals surface area (Å²) in [6.45, 7) is 8.38. The van der Waals surface area contributed by atoms with Gasteiger partial charge in [0.25, 0.3) is 0 Å². The summed E-state index contributed by atoms with van der Waals surface area (Å²) < 4.78 is 0. The summed E-state index contributed by atoms with van der Waals surface area (Å²) >= 11 is 0. The quantitative estimate of drug-likeness (QED) is 0.0756. The van der Waals surface area contributed by atoms with Crippen molar-refractivity contribution in [1.29, 1.82) is 0 Å². The van der Waals surface area contributed by atoms with Gasteiger partial charge in [-0.2, -0.15) is 0 Å². The number of nitrogens with two attached hydrogens (primary N) is 1. The standard InChI is InChI=1S/C40H42N2O2/c1-28(43)25-26-42-40(41)37-23-19-35(20-24-37)38(29(2)30-13-15-33(16-14-30)31-9-5-3-6-10-31)27-39(44)36-21-17-34(18-22-36)32-11-7-4-8-12-32/h3,5-6,9-10,13-24,32,38,43H,1-2,4,7-8,11-12,25-27H2,(H2,41,42). The van der Waals surface area contributed by atoms with Crippen LogP contribution in [0.25, 0.3) is 16.7 Å². The first-order chi connectivity index (χ1) is 21.4. The molecule has 1 aliphatic rings. The number of aliphatic imine (C=N–C) groups is 1. The van der Waals surface area contributed by atoms with Crippen LogP contribution in [0.3, 0.4) is 0 Å². The number of ketones is 1. The number of aliphatic hydroxyl groups is 1. The second-order valence-corrected chi connectivity index (χ2v) is 11.8. The van der Waals surface area contributed by atoms with Crippen molar-refractivity contribution >= 4 is 17.2 Å². The van der Waals surface area contributed by atoms with Gasteiger partial charge in [-0.3, -0.25) is 9.79 Å². The molecule has 1 aliphatic carbocycles. The fourth-order valence-electron chi connectivity index (χ4n) is 6.11. The normalized spacial score (nSPS) is 14.6. The molecule has 224 valence electrons. The predicted molar refractivity (Wildman–Crippen MR) is 183 cm³/mol. The van der Waals surface area contributed by atoms with Crippen LogP contribution in [0.4, 0.5) is 0 Å². The van der Waals surface area contributed by atoms with E-state index < -0.39 is 0 Å². The zero-order valence-electron chi connectivity index (χ0n) is 25.4. The average molecular weight is 583 g/mol. The van der Waals surface area contributed by atoms with E-state index in [2.05, 4.69) is 66.7 Å². The molecule has 4 nitrogen and oxygen atoms in total. The van der Waals surface area contributed by atoms with E-state index in [0.29, 0.717) is 31.1 Å². The zero-order chi connectivity index (χ0) is 30.9. The number of hydrogen-bond donors (Lipinski definition) is 2. The van der Waals surface area contributed by atoms with E-state index in [-0.39, 0.29) is 17.5 Å². The van der Waals surface area contributed by atoms with Crippen molar-refractivity contribution in [2.75, 3.05) is 6.54 Å². The summed E-state index contributed by atoms with van der Waals surface area (Å²) in [6.07, 6.45) is 7.05. The highest BCUT2D eigenvalue weighted by molar-refractivity contribution is 5.99. The SMILES string of the molecule is C=C(O)CCN=C(N)c1ccc(C(CC(=O)c2ccc(C3CCCCC3)cc2)C(=C)c2ccc(-c3ccccc3)cc2)cc1. The highest BCUT2D eigenvalue weighted by Crippen LogP contribution is 2.37. The van der Waals surface area contributed by atoms with Gasteiger partial charge in [-0.05, 0) is 52.1 Å². The topological polar surface area (TPSA) is 75.7 Å². The molecule has 4 heteroatoms. The third-order valence-corrected chi connectivity index (χ3v) is 8.77. The Hall–Kier alpha value is -4.70. The second-order valence-electron chi connectivity index (χ2n) is 11.8. The number of hydrogen-bond acceptors (Lipinski definition) is 3. The van der Waals surface area contributed by atoms with Gasteiger partial charge < -0.3 is 10.8 Å². The highest BCUT2D eigenvalue weighted by atomic mass is 16.3. The third kappa shape index (κ3) is 7.82. The maximum absolute atomic E-state index is 13.7. The lowest BCUT2D eigenvalue weighted by Gasteiger charge is -2.22. The first-order valence-electron chi connectivity index (χ1n) is 15.6. The van der Waals surface area contributed by atoms with Gasteiger partial charge in [-0.1, -0.05) is 136 Å². The van der Waals surface area contributed by atoms with Gasteiger partial charge >= 0.3 is 0 Å². The van der Waals surface area contributed by atoms with Crippen LogP contribution >= 0.6 is 0 Å². The molecular weight excluding hydrogens is 540 g/mol. The van der Waals surface area contributed by atoms with Crippen LogP contribution in [-0.4, -0.2) is 23.3 Å². The number of Topliss-reactive ketones (excluding diaryl/α,β-unsaturated/α-hetero) is 1. The molecule has 1 unspecified atom stereocenters. The lowest BCUT2D eigenvalue weighted by molar-refractivity contribution is 0.0979. The number of amidine groups is 1. The van der Waals surface area contributed by atoms with Crippen LogP contribution in [0.5, 0.6) is 0 Å². The van der Waals surface area contributed by atoms with E-state index in [1.165, 1.54) is 37.7 Å². The zero-order valence-corrected chi connectivity index (χ0v) is 25.4. The molecule has 1 saturated carbocycles. The molecule has 0 aliphatic heterocycles. The fraction of sp³-hybridized carbons (Fsp3) is 0.250. The number of carbonyl (C=O) groups excluding carboxylic acids is 1. The molecule has 3 N–H and O–H groups in total. The maximum Gasteiger partial charge on any atom is 0.163 e. The number of allylic oxidation sites excluding steroid dienone is 1. The summed E-state index contributed by atoms with van der Waals surface area (Å²) in [5.74, 6) is 0.980. The van der Waals surface area contributed by atoms with Crippen molar-refractivity contribution in [2.24, 2.45) is 10.7 Å². The van der Waals surface area contributed by atoms with E-state index in [1.54, 1.807) is 0 Å². The third-order valence-electron chi connectivity index (χ3n) is 8.77. The minimum absolute atomic E-state index is 0.0864. The Kier molecular flexibility index (Phi) is 10.2. The van der Waals surface area contributed by atoms with Gasteiger partial charge in [0.05, 0.1) is 5.76 Å². The molecule has 44 heavy (non-hydrogen) atoms. The van der Waals surface area contributed by atoms with E-state index in [1.807, 2.05) is 54.6 Å². The summed E-state index contributed by atoms with van der Waals surface area (Å²) in [7, 11) is 0. The van der Waals surface area contributed by atoms with Crippen molar-refractivity contribution in [1.82, 2.24) is 0 Å². The fourth-order valence-corrected chi connectivity index (χ4v) is 6.11. The Morgan fingerprint density at radius 3 is 2.00 bits per heavy atom. The second kappa shape index (κ2) is 14.7. The molecule has 1 atom stereocenters. The number of rotatable bonds is 12. The molecule has 0 aromatic heterocycles. The van der Waals surface area contributed by atoms with E-state index >= 15 is 0 Å². The van der Waals surface area contributed by atoms with Crippen LogP contribution in [0.15, 0.2) is 127 Å². The smallest absolute Gasteiger partial charge is 0.163 e. The Morgan fingerprint density at radius 2 is 1.36 bits per heavy atom. The molecule has 0 radical (unpaired) electrons. The molecule has 4 aromatic carbocycles. The molecule has 1 fully saturated rings. The van der Waals surface area contributed by atoms with Gasteiger partial charge in [-0.15, -0.1) is 0 Å². The number of aliphatic hydroxyl groups excluding tert-OH is 1. The minimum atomic E-state index is -0.215. The minimum Gasteiger partial charge on any atom is -0.513 e. The van der Waals surface area contributed by atoms with Crippen molar-refractivity contribution in [3.05, 3.63) is 150 Å². The Labute approximate surface area is 261 Å². The summed E-state index contributed by atoms with van der Waals surface area (Å²) in [4.78, 5) is 18.1. The molecule has 0 heterocycles. The van der Waals surface area contributed by atoms with E-state index in [0.717, 1.165) is 39.0 Å². The van der Waals surface area contributed by atoms with Gasteiger partial charge in [0.15, 0.2) is 5.78 Å². The lowest BCUT2D eigenvalue weighted by Crippen LogP contribution is -2.15. The highest BCUT2D eigenvalue weighted by Gasteiger charge is 2.22. The summed E-state index contributed by atoms with van der Waals surface area (Å²) in [5, 5.41) is 9.34. The number of carbonyl (C=O) groups is 1. The number of nitrogens with zero attached hydrogens (tertiary/aromatic N) is 1. The van der Waals surface area contributed by atoms with Crippen LogP contribution in [0.1, 0.15) is 89.4 Å². The molecule has 0 bridgehead atoms. The van der Waals surface area contributed by atoms with Crippen LogP contribution < -0.4 is 5.73 Å². The predicted octanol–water partition coefficient (Wildman–Crippen LogP) is 9.64. The largest absolute Gasteiger partial charge is 0.513 e. The summed E-state index contributed by atoms with van der Waals surface area (Å²) in [5.41, 5.74) is 14.3. The first-order valence-corrected chi connectivity index (χ1v) is 15.6. The van der Waals surface area contributed by atoms with Crippen molar-refractivity contribution in [3.63, 3.8) is 0 Å². The van der Waals surface area contributed by atoms with Crippen LogP contribution in [0.2, 0.25) is 0 Å². The van der Waals surface area contributed by atoms with Crippen LogP contribution in [-0.2, 0) is 0 Å². The van der Waals surface area contributed by atoms with Crippen molar-refractivity contribution < 1.29 is 9.90 Å². The van der Waals surface area contributed by atoms with E-state index in [4.69, 9.17) is 5.73 Å². The Bertz CT molecular complexity index is 1600. The van der Waals surface area contributed by atoms with Gasteiger partial charge in [-0.25, -0.2) is 0 Å². The first kappa shape index (κ1) is 30.7. The van der Waals surface area contributed by atoms with Crippen molar-refractivity contribution in [2.45, 2.75) is 56.8 Å². The molecule has 4 aromatic rings. The Morgan fingerprint density at radius 1 is 0.773 bits per heavy atom. The van der Waals surface area contributed by atoms with E-state index in [9.17, 15) is 9.90 Å². The maximum atomic E-state index is 13.7. The average Bonchev–Trinajstić information content (AvgIpc) is 3.07. The Balaban J connectivity index is 1.39. The van der Waals surface area contributed by atoms with Crippen molar-refractivity contribution in [3.8, 4) is 11.1 Å². The lowest BCUT2D eigenvalue weighted by atomic mass is 9.81. The molecular formula is C40H42N2O2. The number of benzene rings is 4. The van der Waals surface area contributed by atoms with Gasteiger partial charge in [0.2, 0.25) is 0 Å². The monoisotopic (exact) mass is 582 g/mol. The van der Waals surface area contributed by atoms with Gasteiger partial charge in [0.1, 0.15) is 5.84 Å². The summed E-state index contributed by atoms with van der Waals surface area (Å²) in [6, 6.07) is 34.9. The van der Waals surface area contributed by atoms with Crippen LogP contribution in [0, 0.1) is 0 Å². The molecule has 5 rings (SSSR count).